The van der Waals surface area contributed by atoms with Crippen molar-refractivity contribution in [2.45, 2.75) is 19.4 Å². The second-order valence-electron chi connectivity index (χ2n) is 4.56. The molecule has 0 bridgehead atoms. The Morgan fingerprint density at radius 2 is 1.80 bits per heavy atom. The van der Waals surface area contributed by atoms with Crippen LogP contribution in [0.2, 0.25) is 0 Å². The second-order valence-corrected chi connectivity index (χ2v) is 4.56. The first kappa shape index (κ1) is 14.5. The van der Waals surface area contributed by atoms with Crippen LogP contribution in [0.3, 0.4) is 0 Å². The van der Waals surface area contributed by atoms with Crippen molar-refractivity contribution < 1.29 is 13.5 Å². The fourth-order valence-electron chi connectivity index (χ4n) is 1.92. The third-order valence-corrected chi connectivity index (χ3v) is 3.01. The van der Waals surface area contributed by atoms with E-state index in [0.717, 1.165) is 23.8 Å². The molecule has 0 fully saturated rings. The summed E-state index contributed by atoms with van der Waals surface area (Å²) >= 11 is 0. The molecule has 2 nitrogen and oxygen atoms in total. The average Bonchev–Trinajstić information content (AvgIpc) is 2.45. The lowest BCUT2D eigenvalue weighted by Gasteiger charge is -2.14. The summed E-state index contributed by atoms with van der Waals surface area (Å²) in [6, 6.07) is 9.97. The lowest BCUT2D eigenvalue weighted by molar-refractivity contribution is 0.317. The van der Waals surface area contributed by atoms with Crippen LogP contribution in [-0.4, -0.2) is 6.61 Å². The number of rotatable bonds is 5. The smallest absolute Gasteiger partial charge is 0.131 e. The Balaban J connectivity index is 2.18. The van der Waals surface area contributed by atoms with Gasteiger partial charge in [0.15, 0.2) is 0 Å². The normalized spacial score (nSPS) is 12.2. The minimum atomic E-state index is -0.635. The molecule has 0 radical (unpaired) electrons. The molecule has 2 rings (SSSR count). The quantitative estimate of drug-likeness (QED) is 0.902. The minimum absolute atomic E-state index is 0.272. The summed E-state index contributed by atoms with van der Waals surface area (Å²) in [6.07, 6.45) is 0.933. The zero-order chi connectivity index (χ0) is 14.5. The second kappa shape index (κ2) is 6.48. The van der Waals surface area contributed by atoms with Crippen molar-refractivity contribution in [3.63, 3.8) is 0 Å². The summed E-state index contributed by atoms with van der Waals surface area (Å²) in [6.45, 7) is 2.68. The Morgan fingerprint density at radius 3 is 2.40 bits per heavy atom. The largest absolute Gasteiger partial charge is 0.494 e. The molecule has 0 aliphatic rings. The van der Waals surface area contributed by atoms with Crippen LogP contribution in [0.5, 0.6) is 5.75 Å². The first-order valence-electron chi connectivity index (χ1n) is 6.55. The molecule has 1 unspecified atom stereocenters. The van der Waals surface area contributed by atoms with E-state index >= 15 is 0 Å². The number of halogens is 2. The molecular formula is C16H17F2NO. The number of nitrogens with two attached hydrogens (primary N) is 1. The number of ether oxygens (including phenoxy) is 1. The standard InChI is InChI=1S/C16H17F2NO/c1-2-9-20-13-6-3-11(4-7-13)16(19)14-8-5-12(17)10-15(14)18/h3-8,10,16H,2,9,19H2,1H3. The van der Waals surface area contributed by atoms with E-state index in [4.69, 9.17) is 10.5 Å². The van der Waals surface area contributed by atoms with Crippen molar-refractivity contribution in [1.82, 2.24) is 0 Å². The SMILES string of the molecule is CCCOc1ccc(C(N)c2ccc(F)cc2F)cc1. The molecule has 2 aromatic carbocycles. The molecule has 2 N–H and O–H groups in total. The molecule has 4 heteroatoms. The molecule has 2 aromatic rings. The third kappa shape index (κ3) is 3.33. The fraction of sp³-hybridized carbons (Fsp3) is 0.250. The van der Waals surface area contributed by atoms with Gasteiger partial charge in [-0.3, -0.25) is 0 Å². The van der Waals surface area contributed by atoms with Gasteiger partial charge in [-0.15, -0.1) is 0 Å². The Hall–Kier alpha value is -1.94. The van der Waals surface area contributed by atoms with Crippen LogP contribution in [0.1, 0.15) is 30.5 Å². The van der Waals surface area contributed by atoms with Crippen LogP contribution in [0.25, 0.3) is 0 Å². The molecule has 106 valence electrons. The molecule has 0 spiro atoms. The number of hydrogen-bond acceptors (Lipinski definition) is 2. The summed E-state index contributed by atoms with van der Waals surface area (Å²) in [5.74, 6) is -0.493. The molecule has 0 aromatic heterocycles. The van der Waals surface area contributed by atoms with Gasteiger partial charge in [-0.1, -0.05) is 25.1 Å². The summed E-state index contributed by atoms with van der Waals surface area (Å²) in [7, 11) is 0. The Bertz CT molecular complexity index is 569. The van der Waals surface area contributed by atoms with E-state index in [9.17, 15) is 8.78 Å². The Morgan fingerprint density at radius 1 is 1.10 bits per heavy atom. The van der Waals surface area contributed by atoms with E-state index in [1.807, 2.05) is 6.92 Å². The zero-order valence-corrected chi connectivity index (χ0v) is 11.3. The summed E-state index contributed by atoms with van der Waals surface area (Å²) in [4.78, 5) is 0. The van der Waals surface area contributed by atoms with Gasteiger partial charge in [-0.25, -0.2) is 8.78 Å². The van der Waals surface area contributed by atoms with Gasteiger partial charge in [0.2, 0.25) is 0 Å². The van der Waals surface area contributed by atoms with Crippen molar-refractivity contribution in [2.24, 2.45) is 5.73 Å². The summed E-state index contributed by atoms with van der Waals surface area (Å²) in [5, 5.41) is 0. The van der Waals surface area contributed by atoms with E-state index in [1.54, 1.807) is 24.3 Å². The van der Waals surface area contributed by atoms with Gasteiger partial charge in [0.05, 0.1) is 12.6 Å². The molecular weight excluding hydrogens is 260 g/mol. The fourth-order valence-corrected chi connectivity index (χ4v) is 1.92. The van der Waals surface area contributed by atoms with Gasteiger partial charge < -0.3 is 10.5 Å². The summed E-state index contributed by atoms with van der Waals surface area (Å²) in [5.41, 5.74) is 7.04. The lowest BCUT2D eigenvalue weighted by Crippen LogP contribution is -2.13. The first-order chi connectivity index (χ1) is 9.61. The molecule has 1 atom stereocenters. The first-order valence-corrected chi connectivity index (χ1v) is 6.55. The predicted octanol–water partition coefficient (Wildman–Crippen LogP) is 3.80. The number of benzene rings is 2. The van der Waals surface area contributed by atoms with E-state index in [1.165, 1.54) is 12.1 Å². The third-order valence-electron chi connectivity index (χ3n) is 3.01. The maximum Gasteiger partial charge on any atom is 0.131 e. The van der Waals surface area contributed by atoms with Gasteiger partial charge >= 0.3 is 0 Å². The monoisotopic (exact) mass is 277 g/mol. The number of hydrogen-bond donors (Lipinski definition) is 1. The van der Waals surface area contributed by atoms with Gasteiger partial charge in [0.25, 0.3) is 0 Å². The zero-order valence-electron chi connectivity index (χ0n) is 11.3. The summed E-state index contributed by atoms with van der Waals surface area (Å²) < 4.78 is 32.0. The molecule has 0 heterocycles. The van der Waals surface area contributed by atoms with E-state index in [0.29, 0.717) is 6.61 Å². The maximum absolute atomic E-state index is 13.7. The van der Waals surface area contributed by atoms with Crippen LogP contribution in [0.15, 0.2) is 42.5 Å². The van der Waals surface area contributed by atoms with E-state index in [-0.39, 0.29) is 5.56 Å². The van der Waals surface area contributed by atoms with Crippen molar-refractivity contribution in [3.8, 4) is 5.75 Å². The Labute approximate surface area is 117 Å². The van der Waals surface area contributed by atoms with Crippen molar-refractivity contribution >= 4 is 0 Å². The molecule has 0 saturated heterocycles. The molecule has 0 saturated carbocycles. The van der Waals surface area contributed by atoms with Crippen molar-refractivity contribution in [3.05, 3.63) is 65.2 Å². The van der Waals surface area contributed by atoms with Gasteiger partial charge in [-0.05, 0) is 30.2 Å². The van der Waals surface area contributed by atoms with Crippen LogP contribution in [-0.2, 0) is 0 Å². The van der Waals surface area contributed by atoms with Crippen LogP contribution in [0, 0.1) is 11.6 Å². The van der Waals surface area contributed by atoms with Crippen molar-refractivity contribution in [2.75, 3.05) is 6.61 Å². The topological polar surface area (TPSA) is 35.2 Å². The highest BCUT2D eigenvalue weighted by Gasteiger charge is 2.14. The highest BCUT2D eigenvalue weighted by molar-refractivity contribution is 5.35. The minimum Gasteiger partial charge on any atom is -0.494 e. The van der Waals surface area contributed by atoms with Crippen LogP contribution >= 0.6 is 0 Å². The van der Waals surface area contributed by atoms with Crippen LogP contribution < -0.4 is 10.5 Å². The predicted molar refractivity (Wildman–Crippen MR) is 74.6 cm³/mol. The molecule has 20 heavy (non-hydrogen) atoms. The molecule has 0 amide bonds. The Kier molecular flexibility index (Phi) is 4.69. The van der Waals surface area contributed by atoms with Gasteiger partial charge in [0.1, 0.15) is 17.4 Å². The highest BCUT2D eigenvalue weighted by Crippen LogP contribution is 2.24. The highest BCUT2D eigenvalue weighted by atomic mass is 19.1. The maximum atomic E-state index is 13.7. The average molecular weight is 277 g/mol. The van der Waals surface area contributed by atoms with Gasteiger partial charge in [0, 0.05) is 11.6 Å². The van der Waals surface area contributed by atoms with E-state index < -0.39 is 17.7 Å². The lowest BCUT2D eigenvalue weighted by atomic mass is 9.99. The molecule has 0 aliphatic heterocycles. The van der Waals surface area contributed by atoms with Crippen LogP contribution in [0.4, 0.5) is 8.78 Å². The molecule has 0 aliphatic carbocycles. The van der Waals surface area contributed by atoms with E-state index in [2.05, 4.69) is 0 Å². The van der Waals surface area contributed by atoms with Crippen molar-refractivity contribution in [1.29, 1.82) is 0 Å². The van der Waals surface area contributed by atoms with Gasteiger partial charge in [-0.2, -0.15) is 0 Å².